The summed E-state index contributed by atoms with van der Waals surface area (Å²) in [5.74, 6) is 0.0593. The summed E-state index contributed by atoms with van der Waals surface area (Å²) in [5.41, 5.74) is 1.36. The third-order valence-corrected chi connectivity index (χ3v) is 2.89. The van der Waals surface area contributed by atoms with Crippen LogP contribution in [0.1, 0.15) is 22.3 Å². The van der Waals surface area contributed by atoms with E-state index in [0.717, 1.165) is 0 Å². The first-order valence-corrected chi connectivity index (χ1v) is 5.93. The molecule has 0 N–H and O–H groups in total. The van der Waals surface area contributed by atoms with Crippen molar-refractivity contribution >= 4 is 5.78 Å². The van der Waals surface area contributed by atoms with Gasteiger partial charge in [0.1, 0.15) is 0 Å². The number of benzene rings is 1. The van der Waals surface area contributed by atoms with Crippen LogP contribution in [0, 0.1) is 6.92 Å². The van der Waals surface area contributed by atoms with E-state index in [1.165, 1.54) is 0 Å². The number of aryl methyl sites for hydroxylation is 2. The number of ketones is 1. The van der Waals surface area contributed by atoms with Crippen molar-refractivity contribution in [2.75, 3.05) is 0 Å². The number of hydrogen-bond donors (Lipinski definition) is 0. The number of carbonyl (C=O) groups excluding carboxylic acids is 1. The van der Waals surface area contributed by atoms with Gasteiger partial charge >= 0.3 is 0 Å². The molecule has 2 aromatic rings. The third kappa shape index (κ3) is 2.74. The van der Waals surface area contributed by atoms with Gasteiger partial charge in [0.25, 0.3) is 5.56 Å². The summed E-state index contributed by atoms with van der Waals surface area (Å²) >= 11 is 0. The largest absolute Gasteiger partial charge is 0.315 e. The lowest BCUT2D eigenvalue weighted by Gasteiger charge is -2.05. The Bertz CT molecular complexity index is 599. The van der Waals surface area contributed by atoms with Crippen molar-refractivity contribution in [3.8, 4) is 0 Å². The summed E-state index contributed by atoms with van der Waals surface area (Å²) in [4.78, 5) is 23.7. The molecule has 92 valence electrons. The minimum absolute atomic E-state index is 0.0293. The molecule has 1 aromatic heterocycles. The Kier molecular flexibility index (Phi) is 3.72. The number of carbonyl (C=O) groups is 1. The quantitative estimate of drug-likeness (QED) is 0.771. The predicted octanol–water partition coefficient (Wildman–Crippen LogP) is 2.43. The highest BCUT2D eigenvalue weighted by atomic mass is 16.1. The molecular formula is C15H15NO2. The Morgan fingerprint density at radius 3 is 2.56 bits per heavy atom. The van der Waals surface area contributed by atoms with Crippen LogP contribution in [0.4, 0.5) is 0 Å². The van der Waals surface area contributed by atoms with E-state index in [2.05, 4.69) is 0 Å². The molecule has 3 nitrogen and oxygen atoms in total. The summed E-state index contributed by atoms with van der Waals surface area (Å²) in [6.07, 6.45) is 2.06. The van der Waals surface area contributed by atoms with E-state index < -0.39 is 0 Å². The van der Waals surface area contributed by atoms with Crippen LogP contribution < -0.4 is 5.56 Å². The maximum absolute atomic E-state index is 11.9. The van der Waals surface area contributed by atoms with Gasteiger partial charge in [0.15, 0.2) is 5.78 Å². The van der Waals surface area contributed by atoms with Gasteiger partial charge in [-0.05, 0) is 13.0 Å². The molecule has 0 aliphatic heterocycles. The van der Waals surface area contributed by atoms with Crippen LogP contribution in [0.3, 0.4) is 0 Å². The Hall–Kier alpha value is -2.16. The van der Waals surface area contributed by atoms with E-state index in [1.54, 1.807) is 35.9 Å². The summed E-state index contributed by atoms with van der Waals surface area (Å²) in [6.45, 7) is 2.20. The van der Waals surface area contributed by atoms with Crippen LogP contribution in [0.25, 0.3) is 0 Å². The molecule has 0 amide bonds. The maximum atomic E-state index is 11.9. The van der Waals surface area contributed by atoms with Crippen LogP contribution in [0.2, 0.25) is 0 Å². The Labute approximate surface area is 106 Å². The van der Waals surface area contributed by atoms with E-state index in [0.29, 0.717) is 24.1 Å². The first kappa shape index (κ1) is 12.3. The minimum Gasteiger partial charge on any atom is -0.315 e. The summed E-state index contributed by atoms with van der Waals surface area (Å²) in [6, 6.07) is 12.7. The first-order valence-electron chi connectivity index (χ1n) is 5.93. The monoisotopic (exact) mass is 241 g/mol. The van der Waals surface area contributed by atoms with Gasteiger partial charge in [-0.2, -0.15) is 0 Å². The van der Waals surface area contributed by atoms with Crippen molar-refractivity contribution in [3.63, 3.8) is 0 Å². The second-order valence-corrected chi connectivity index (χ2v) is 4.23. The lowest BCUT2D eigenvalue weighted by Crippen LogP contribution is -2.22. The number of aromatic nitrogens is 1. The fraction of sp³-hybridized carbons (Fsp3) is 0.200. The van der Waals surface area contributed by atoms with Crippen LogP contribution in [-0.2, 0) is 6.54 Å². The number of pyridine rings is 1. The molecule has 0 aliphatic rings. The summed E-state index contributed by atoms with van der Waals surface area (Å²) in [7, 11) is 0. The Balaban J connectivity index is 2.07. The van der Waals surface area contributed by atoms with Crippen molar-refractivity contribution in [1.82, 2.24) is 4.57 Å². The zero-order valence-corrected chi connectivity index (χ0v) is 10.3. The topological polar surface area (TPSA) is 39.1 Å². The van der Waals surface area contributed by atoms with Gasteiger partial charge in [-0.15, -0.1) is 0 Å². The molecule has 0 saturated carbocycles. The molecule has 0 bridgehead atoms. The second kappa shape index (κ2) is 5.45. The van der Waals surface area contributed by atoms with E-state index >= 15 is 0 Å². The predicted molar refractivity (Wildman–Crippen MR) is 70.8 cm³/mol. The molecule has 1 aromatic carbocycles. The van der Waals surface area contributed by atoms with E-state index in [-0.39, 0.29) is 11.3 Å². The van der Waals surface area contributed by atoms with Gasteiger partial charge in [0.2, 0.25) is 0 Å². The molecule has 0 unspecified atom stereocenters. The lowest BCUT2D eigenvalue weighted by molar-refractivity contribution is 0.0976. The van der Waals surface area contributed by atoms with Crippen molar-refractivity contribution < 1.29 is 4.79 Å². The van der Waals surface area contributed by atoms with Crippen molar-refractivity contribution in [3.05, 3.63) is 70.1 Å². The highest BCUT2D eigenvalue weighted by molar-refractivity contribution is 5.95. The third-order valence-electron chi connectivity index (χ3n) is 2.89. The molecule has 1 heterocycles. The SMILES string of the molecule is Cc1cccn(CCC(=O)c2ccccc2)c1=O. The molecule has 0 radical (unpaired) electrons. The average Bonchev–Trinajstić information content (AvgIpc) is 2.41. The van der Waals surface area contributed by atoms with Gasteiger partial charge in [-0.25, -0.2) is 0 Å². The molecule has 2 rings (SSSR count). The smallest absolute Gasteiger partial charge is 0.253 e. The van der Waals surface area contributed by atoms with Gasteiger partial charge in [0.05, 0.1) is 0 Å². The van der Waals surface area contributed by atoms with Crippen molar-refractivity contribution in [1.29, 1.82) is 0 Å². The number of Topliss-reactive ketones (excluding diaryl/α,β-unsaturated/α-hetero) is 1. The fourth-order valence-electron chi connectivity index (χ4n) is 1.82. The molecule has 0 aliphatic carbocycles. The highest BCUT2D eigenvalue weighted by Crippen LogP contribution is 2.03. The minimum atomic E-state index is -0.0293. The molecule has 3 heteroatoms. The fourth-order valence-corrected chi connectivity index (χ4v) is 1.82. The number of rotatable bonds is 4. The summed E-state index contributed by atoms with van der Waals surface area (Å²) < 4.78 is 1.58. The second-order valence-electron chi connectivity index (χ2n) is 4.23. The first-order chi connectivity index (χ1) is 8.68. The van der Waals surface area contributed by atoms with Crippen LogP contribution in [0.15, 0.2) is 53.5 Å². The van der Waals surface area contributed by atoms with E-state index in [4.69, 9.17) is 0 Å². The van der Waals surface area contributed by atoms with Gasteiger partial charge in [0, 0.05) is 30.3 Å². The zero-order chi connectivity index (χ0) is 13.0. The Morgan fingerprint density at radius 1 is 1.11 bits per heavy atom. The van der Waals surface area contributed by atoms with Crippen LogP contribution in [-0.4, -0.2) is 10.4 Å². The standard InChI is InChI=1S/C15H15NO2/c1-12-6-5-10-16(15(12)18)11-9-14(17)13-7-3-2-4-8-13/h2-8,10H,9,11H2,1H3. The molecule has 0 fully saturated rings. The van der Waals surface area contributed by atoms with Crippen LogP contribution in [0.5, 0.6) is 0 Å². The zero-order valence-electron chi connectivity index (χ0n) is 10.3. The lowest BCUT2D eigenvalue weighted by atomic mass is 10.1. The van der Waals surface area contributed by atoms with E-state index in [9.17, 15) is 9.59 Å². The van der Waals surface area contributed by atoms with Crippen molar-refractivity contribution in [2.24, 2.45) is 0 Å². The van der Waals surface area contributed by atoms with Gasteiger partial charge in [-0.1, -0.05) is 36.4 Å². The van der Waals surface area contributed by atoms with Crippen molar-refractivity contribution in [2.45, 2.75) is 19.9 Å². The molecule has 0 saturated heterocycles. The molecular weight excluding hydrogens is 226 g/mol. The average molecular weight is 241 g/mol. The normalized spacial score (nSPS) is 10.3. The molecule has 18 heavy (non-hydrogen) atoms. The van der Waals surface area contributed by atoms with E-state index in [1.807, 2.05) is 24.3 Å². The van der Waals surface area contributed by atoms with Gasteiger partial charge in [-0.3, -0.25) is 9.59 Å². The molecule has 0 atom stereocenters. The highest BCUT2D eigenvalue weighted by Gasteiger charge is 2.06. The van der Waals surface area contributed by atoms with Gasteiger partial charge < -0.3 is 4.57 Å². The number of hydrogen-bond acceptors (Lipinski definition) is 2. The number of nitrogens with zero attached hydrogens (tertiary/aromatic N) is 1. The van der Waals surface area contributed by atoms with Crippen LogP contribution >= 0.6 is 0 Å². The molecule has 0 spiro atoms. The maximum Gasteiger partial charge on any atom is 0.253 e. The summed E-state index contributed by atoms with van der Waals surface area (Å²) in [5, 5.41) is 0. The Morgan fingerprint density at radius 2 is 1.83 bits per heavy atom.